The molecule has 0 saturated carbocycles. The largest absolute Gasteiger partial charge is 0.355 e. The molecule has 1 fully saturated rings. The molecule has 1 saturated heterocycles. The molecule has 2 aromatic rings. The normalized spacial score (nSPS) is 17.4. The van der Waals surface area contributed by atoms with E-state index >= 15 is 0 Å². The van der Waals surface area contributed by atoms with E-state index in [-0.39, 0.29) is 17.6 Å². The molecular weight excluding hydrogens is 395 g/mol. The first-order valence-corrected chi connectivity index (χ1v) is 11.2. The molecule has 150 valence electrons. The van der Waals surface area contributed by atoms with Crippen molar-refractivity contribution in [1.29, 1.82) is 0 Å². The molecule has 0 spiro atoms. The van der Waals surface area contributed by atoms with Gasteiger partial charge in [-0.05, 0) is 54.8 Å². The first kappa shape index (κ1) is 21.2. The lowest BCUT2D eigenvalue weighted by Gasteiger charge is -2.32. The van der Waals surface area contributed by atoms with Crippen LogP contribution in [0.5, 0.6) is 0 Å². The fourth-order valence-corrected chi connectivity index (χ4v) is 4.49. The Morgan fingerprint density at radius 2 is 2.04 bits per heavy atom. The Labute approximate surface area is 175 Å². The summed E-state index contributed by atoms with van der Waals surface area (Å²) in [5.74, 6) is 1.74. The number of nitrogens with zero attached hydrogens (tertiary/aromatic N) is 1. The Bertz CT molecular complexity index is 771. The molecule has 1 aliphatic heterocycles. The maximum atomic E-state index is 13.0. The van der Waals surface area contributed by atoms with Crippen LogP contribution in [0.4, 0.5) is 4.39 Å². The van der Waals surface area contributed by atoms with Crippen LogP contribution >= 0.6 is 23.4 Å². The van der Waals surface area contributed by atoms with Gasteiger partial charge in [-0.2, -0.15) is 11.8 Å². The van der Waals surface area contributed by atoms with Crippen LogP contribution in [0.3, 0.4) is 0 Å². The number of nitrogens with one attached hydrogen (secondary N) is 1. The van der Waals surface area contributed by atoms with Crippen LogP contribution in [-0.2, 0) is 17.1 Å². The van der Waals surface area contributed by atoms with Gasteiger partial charge in [0.2, 0.25) is 5.91 Å². The van der Waals surface area contributed by atoms with Crippen molar-refractivity contribution in [3.63, 3.8) is 0 Å². The molecule has 3 rings (SSSR count). The summed E-state index contributed by atoms with van der Waals surface area (Å²) in [4.78, 5) is 14.8. The number of likely N-dealkylation sites (tertiary alicyclic amines) is 1. The zero-order valence-electron chi connectivity index (χ0n) is 15.9. The second kappa shape index (κ2) is 10.8. The molecule has 0 aromatic heterocycles. The third kappa shape index (κ3) is 6.80. The Balaban J connectivity index is 1.36. The molecule has 0 radical (unpaired) electrons. The SMILES string of the molecule is O=C(NCCSCc1cccc(Cl)c1)[C@@H]1CCCN(Cc2ccc(F)cc2)C1. The van der Waals surface area contributed by atoms with Gasteiger partial charge in [-0.25, -0.2) is 4.39 Å². The maximum Gasteiger partial charge on any atom is 0.224 e. The standard InChI is InChI=1S/C22H26ClFN2OS/c23-20-5-1-3-18(13-20)16-28-12-10-25-22(27)19-4-2-11-26(15-19)14-17-6-8-21(24)9-7-17/h1,3,5-9,13,19H,2,4,10-12,14-16H2,(H,25,27)/t19-/m1/s1. The molecular formula is C22H26ClFN2OS. The van der Waals surface area contributed by atoms with E-state index in [4.69, 9.17) is 11.6 Å². The van der Waals surface area contributed by atoms with Gasteiger partial charge in [-0.15, -0.1) is 0 Å². The zero-order chi connectivity index (χ0) is 19.8. The van der Waals surface area contributed by atoms with Gasteiger partial charge in [-0.1, -0.05) is 35.9 Å². The number of rotatable bonds is 8. The molecule has 1 aliphatic rings. The van der Waals surface area contributed by atoms with Crippen LogP contribution in [0.2, 0.25) is 5.02 Å². The Kier molecular flexibility index (Phi) is 8.19. The molecule has 28 heavy (non-hydrogen) atoms. The Morgan fingerprint density at radius 1 is 1.21 bits per heavy atom. The molecule has 1 amide bonds. The summed E-state index contributed by atoms with van der Waals surface area (Å²) in [6.45, 7) is 3.19. The number of halogens is 2. The van der Waals surface area contributed by atoms with Crippen molar-refractivity contribution in [3.05, 3.63) is 70.5 Å². The second-order valence-electron chi connectivity index (χ2n) is 7.17. The first-order valence-electron chi connectivity index (χ1n) is 9.67. The summed E-state index contributed by atoms with van der Waals surface area (Å²) in [5.41, 5.74) is 2.28. The molecule has 0 aliphatic carbocycles. The van der Waals surface area contributed by atoms with Crippen LogP contribution in [-0.4, -0.2) is 36.2 Å². The van der Waals surface area contributed by atoms with E-state index < -0.39 is 0 Å². The van der Waals surface area contributed by atoms with Crippen LogP contribution in [0.1, 0.15) is 24.0 Å². The molecule has 1 atom stereocenters. The van der Waals surface area contributed by atoms with Crippen molar-refractivity contribution in [2.24, 2.45) is 5.92 Å². The van der Waals surface area contributed by atoms with Gasteiger partial charge < -0.3 is 5.32 Å². The average molecular weight is 421 g/mol. The summed E-state index contributed by atoms with van der Waals surface area (Å²) in [5, 5.41) is 3.84. The van der Waals surface area contributed by atoms with E-state index in [9.17, 15) is 9.18 Å². The molecule has 6 heteroatoms. The number of carbonyl (C=O) groups is 1. The molecule has 1 heterocycles. The van der Waals surface area contributed by atoms with Crippen LogP contribution in [0.25, 0.3) is 0 Å². The van der Waals surface area contributed by atoms with Crippen LogP contribution in [0.15, 0.2) is 48.5 Å². The zero-order valence-corrected chi connectivity index (χ0v) is 17.4. The Morgan fingerprint density at radius 3 is 2.82 bits per heavy atom. The predicted octanol–water partition coefficient (Wildman–Crippen LogP) is 4.74. The minimum absolute atomic E-state index is 0.0344. The van der Waals surface area contributed by atoms with E-state index in [1.807, 2.05) is 30.3 Å². The molecule has 0 bridgehead atoms. The third-order valence-electron chi connectivity index (χ3n) is 4.90. The van der Waals surface area contributed by atoms with Gasteiger partial charge in [0.15, 0.2) is 0 Å². The lowest BCUT2D eigenvalue weighted by atomic mass is 9.96. The van der Waals surface area contributed by atoms with Crippen molar-refractivity contribution in [3.8, 4) is 0 Å². The van der Waals surface area contributed by atoms with Crippen molar-refractivity contribution < 1.29 is 9.18 Å². The highest BCUT2D eigenvalue weighted by atomic mass is 35.5. The Hall–Kier alpha value is -1.56. The van der Waals surface area contributed by atoms with E-state index in [0.29, 0.717) is 6.54 Å². The minimum atomic E-state index is -0.215. The van der Waals surface area contributed by atoms with Gasteiger partial charge in [-0.3, -0.25) is 9.69 Å². The van der Waals surface area contributed by atoms with Crippen molar-refractivity contribution in [2.45, 2.75) is 25.1 Å². The van der Waals surface area contributed by atoms with E-state index in [1.54, 1.807) is 11.8 Å². The van der Waals surface area contributed by atoms with Gasteiger partial charge >= 0.3 is 0 Å². The summed E-state index contributed by atoms with van der Waals surface area (Å²) in [6.07, 6.45) is 1.95. The number of amides is 1. The van der Waals surface area contributed by atoms with Crippen LogP contribution in [0, 0.1) is 11.7 Å². The number of hydrogen-bond donors (Lipinski definition) is 1. The smallest absolute Gasteiger partial charge is 0.224 e. The molecule has 3 nitrogen and oxygen atoms in total. The average Bonchev–Trinajstić information content (AvgIpc) is 2.70. The first-order chi connectivity index (χ1) is 13.6. The lowest BCUT2D eigenvalue weighted by Crippen LogP contribution is -2.43. The highest BCUT2D eigenvalue weighted by Gasteiger charge is 2.25. The third-order valence-corrected chi connectivity index (χ3v) is 6.16. The maximum absolute atomic E-state index is 13.0. The predicted molar refractivity (Wildman–Crippen MR) is 115 cm³/mol. The second-order valence-corrected chi connectivity index (χ2v) is 8.72. The number of piperidine rings is 1. The highest BCUT2D eigenvalue weighted by molar-refractivity contribution is 7.98. The molecule has 2 aromatic carbocycles. The van der Waals surface area contributed by atoms with E-state index in [0.717, 1.165) is 54.6 Å². The van der Waals surface area contributed by atoms with E-state index in [1.165, 1.54) is 17.7 Å². The summed E-state index contributed by atoms with van der Waals surface area (Å²) in [6, 6.07) is 14.5. The monoisotopic (exact) mass is 420 g/mol. The summed E-state index contributed by atoms with van der Waals surface area (Å²) < 4.78 is 13.0. The summed E-state index contributed by atoms with van der Waals surface area (Å²) in [7, 11) is 0. The fraction of sp³-hybridized carbons (Fsp3) is 0.409. The highest BCUT2D eigenvalue weighted by Crippen LogP contribution is 2.19. The van der Waals surface area contributed by atoms with Crippen molar-refractivity contribution in [2.75, 3.05) is 25.4 Å². The van der Waals surface area contributed by atoms with Gasteiger partial charge in [0, 0.05) is 36.2 Å². The van der Waals surface area contributed by atoms with E-state index in [2.05, 4.69) is 16.3 Å². The van der Waals surface area contributed by atoms with Gasteiger partial charge in [0.25, 0.3) is 0 Å². The quantitative estimate of drug-likeness (QED) is 0.626. The minimum Gasteiger partial charge on any atom is -0.355 e. The number of hydrogen-bond acceptors (Lipinski definition) is 3. The lowest BCUT2D eigenvalue weighted by molar-refractivity contribution is -0.126. The molecule has 1 N–H and O–H groups in total. The van der Waals surface area contributed by atoms with Gasteiger partial charge in [0.05, 0.1) is 5.92 Å². The summed E-state index contributed by atoms with van der Waals surface area (Å²) >= 11 is 7.79. The van der Waals surface area contributed by atoms with Crippen molar-refractivity contribution >= 4 is 29.3 Å². The number of carbonyl (C=O) groups excluding carboxylic acids is 1. The number of benzene rings is 2. The topological polar surface area (TPSA) is 32.3 Å². The van der Waals surface area contributed by atoms with Crippen LogP contribution < -0.4 is 5.32 Å². The van der Waals surface area contributed by atoms with Gasteiger partial charge in [0.1, 0.15) is 5.82 Å². The molecule has 0 unspecified atom stereocenters. The van der Waals surface area contributed by atoms with Crippen molar-refractivity contribution in [1.82, 2.24) is 10.2 Å². The fourth-order valence-electron chi connectivity index (χ4n) is 3.47. The number of thioether (sulfide) groups is 1.